The summed E-state index contributed by atoms with van der Waals surface area (Å²) < 4.78 is 6.28. The van der Waals surface area contributed by atoms with Gasteiger partial charge in [-0.2, -0.15) is 0 Å². The van der Waals surface area contributed by atoms with E-state index in [-0.39, 0.29) is 0 Å². The third-order valence-electron chi connectivity index (χ3n) is 4.02. The predicted octanol–water partition coefficient (Wildman–Crippen LogP) is 3.24. The molecule has 1 atom stereocenters. The van der Waals surface area contributed by atoms with Gasteiger partial charge in [-0.25, -0.2) is 9.97 Å². The highest BCUT2D eigenvalue weighted by atomic mass is 79.9. The molecule has 1 aromatic carbocycles. The van der Waals surface area contributed by atoms with E-state index < -0.39 is 0 Å². The van der Waals surface area contributed by atoms with Crippen molar-refractivity contribution in [2.75, 3.05) is 25.5 Å². The zero-order valence-electron chi connectivity index (χ0n) is 13.4. The number of nitrogens with zero attached hydrogens (tertiary/aromatic N) is 3. The Balaban J connectivity index is 1.56. The molecule has 2 heterocycles. The zero-order chi connectivity index (χ0) is 16.2. The molecule has 1 aromatic heterocycles. The summed E-state index contributed by atoms with van der Waals surface area (Å²) in [7, 11) is 1.68. The summed E-state index contributed by atoms with van der Waals surface area (Å²) in [4.78, 5) is 11.1. The number of nitrogens with one attached hydrogen (secondary N) is 1. The average Bonchev–Trinajstić information content (AvgIpc) is 2.94. The zero-order valence-corrected chi connectivity index (χ0v) is 15.0. The highest BCUT2D eigenvalue weighted by molar-refractivity contribution is 9.10. The lowest BCUT2D eigenvalue weighted by atomic mass is 10.2. The van der Waals surface area contributed by atoms with E-state index in [9.17, 15) is 0 Å². The Bertz CT molecular complexity index is 679. The lowest BCUT2D eigenvalue weighted by molar-refractivity contribution is 0.328. The van der Waals surface area contributed by atoms with Gasteiger partial charge < -0.3 is 10.1 Å². The summed E-state index contributed by atoms with van der Waals surface area (Å²) in [6, 6.07) is 8.56. The Hall–Kier alpha value is -1.66. The molecule has 5 nitrogen and oxygen atoms in total. The molecule has 2 aromatic rings. The van der Waals surface area contributed by atoms with Crippen LogP contribution in [0.5, 0.6) is 5.75 Å². The van der Waals surface area contributed by atoms with Crippen LogP contribution in [0.2, 0.25) is 0 Å². The highest BCUT2D eigenvalue weighted by Gasteiger charge is 2.23. The number of hydrogen-bond donors (Lipinski definition) is 1. The van der Waals surface area contributed by atoms with Crippen LogP contribution in [0.25, 0.3) is 0 Å². The van der Waals surface area contributed by atoms with Gasteiger partial charge in [-0.05, 0) is 53.0 Å². The lowest BCUT2D eigenvalue weighted by Gasteiger charge is -2.17. The van der Waals surface area contributed by atoms with Gasteiger partial charge in [-0.1, -0.05) is 6.07 Å². The summed E-state index contributed by atoms with van der Waals surface area (Å²) >= 11 is 3.55. The molecule has 1 fully saturated rings. The van der Waals surface area contributed by atoms with E-state index in [1.165, 1.54) is 5.56 Å². The van der Waals surface area contributed by atoms with E-state index in [4.69, 9.17) is 4.74 Å². The fraction of sp³-hybridized carbons (Fsp3) is 0.412. The first kappa shape index (κ1) is 16.2. The normalized spacial score (nSPS) is 18.1. The molecule has 1 saturated heterocycles. The lowest BCUT2D eigenvalue weighted by Crippen LogP contribution is -2.26. The molecule has 122 valence electrons. The van der Waals surface area contributed by atoms with Crippen LogP contribution in [0.4, 0.5) is 5.95 Å². The van der Waals surface area contributed by atoms with E-state index in [2.05, 4.69) is 48.2 Å². The van der Waals surface area contributed by atoms with Crippen molar-refractivity contribution in [2.45, 2.75) is 25.9 Å². The predicted molar refractivity (Wildman–Crippen MR) is 94.8 cm³/mol. The Kier molecular flexibility index (Phi) is 5.13. The van der Waals surface area contributed by atoms with Crippen LogP contribution in [0.15, 0.2) is 34.9 Å². The molecule has 0 spiro atoms. The summed E-state index contributed by atoms with van der Waals surface area (Å²) in [5, 5.41) is 3.43. The van der Waals surface area contributed by atoms with E-state index in [1.54, 1.807) is 13.3 Å². The minimum Gasteiger partial charge on any atom is -0.496 e. The number of anilines is 1. The van der Waals surface area contributed by atoms with Gasteiger partial charge in [0.15, 0.2) is 0 Å². The Morgan fingerprint density at radius 3 is 3.00 bits per heavy atom. The van der Waals surface area contributed by atoms with Crippen molar-refractivity contribution in [1.29, 1.82) is 0 Å². The first-order valence-electron chi connectivity index (χ1n) is 7.75. The van der Waals surface area contributed by atoms with Crippen LogP contribution in [0.3, 0.4) is 0 Å². The maximum absolute atomic E-state index is 5.28. The number of halogens is 1. The number of hydrogen-bond acceptors (Lipinski definition) is 5. The number of likely N-dealkylation sites (tertiary alicyclic amines) is 1. The molecule has 1 unspecified atom stereocenters. The highest BCUT2D eigenvalue weighted by Crippen LogP contribution is 2.26. The number of aromatic nitrogens is 2. The second-order valence-electron chi connectivity index (χ2n) is 5.86. The minimum absolute atomic E-state index is 0.401. The second-order valence-corrected chi connectivity index (χ2v) is 6.71. The standard InChI is InChI=1S/C17H21BrN4O/c1-12-5-7-19-17(20-12)21-14-6-8-22(11-14)10-13-3-4-16(23-2)15(18)9-13/h3-5,7,9,14H,6,8,10-11H2,1-2H3,(H,19,20,21). The largest absolute Gasteiger partial charge is 0.496 e. The monoisotopic (exact) mass is 376 g/mol. The summed E-state index contributed by atoms with van der Waals surface area (Å²) in [5.41, 5.74) is 2.27. The third kappa shape index (κ3) is 4.20. The van der Waals surface area contributed by atoms with E-state index in [0.29, 0.717) is 6.04 Å². The van der Waals surface area contributed by atoms with Gasteiger partial charge in [-0.3, -0.25) is 4.90 Å². The number of benzene rings is 1. The van der Waals surface area contributed by atoms with Gasteiger partial charge in [0.25, 0.3) is 0 Å². The van der Waals surface area contributed by atoms with Gasteiger partial charge in [0.1, 0.15) is 5.75 Å². The summed E-state index contributed by atoms with van der Waals surface area (Å²) in [6.07, 6.45) is 2.90. The molecule has 0 radical (unpaired) electrons. The van der Waals surface area contributed by atoms with E-state index in [1.807, 2.05) is 19.1 Å². The van der Waals surface area contributed by atoms with Crippen molar-refractivity contribution in [3.05, 3.63) is 46.2 Å². The van der Waals surface area contributed by atoms with Gasteiger partial charge in [0.05, 0.1) is 11.6 Å². The molecule has 0 saturated carbocycles. The maximum Gasteiger partial charge on any atom is 0.223 e. The first-order chi connectivity index (χ1) is 11.1. The third-order valence-corrected chi connectivity index (χ3v) is 4.64. The van der Waals surface area contributed by atoms with Gasteiger partial charge in [0.2, 0.25) is 5.95 Å². The molecule has 23 heavy (non-hydrogen) atoms. The summed E-state index contributed by atoms with van der Waals surface area (Å²) in [5.74, 6) is 1.59. The SMILES string of the molecule is COc1ccc(CN2CCC(Nc3nccc(C)n3)C2)cc1Br. The molecule has 0 aliphatic carbocycles. The molecule has 1 N–H and O–H groups in total. The van der Waals surface area contributed by atoms with Crippen LogP contribution < -0.4 is 10.1 Å². The smallest absolute Gasteiger partial charge is 0.223 e. The summed E-state index contributed by atoms with van der Waals surface area (Å²) in [6.45, 7) is 5.00. The quantitative estimate of drug-likeness (QED) is 0.867. The Morgan fingerprint density at radius 2 is 2.26 bits per heavy atom. The van der Waals surface area contributed by atoms with E-state index >= 15 is 0 Å². The fourth-order valence-electron chi connectivity index (χ4n) is 2.86. The average molecular weight is 377 g/mol. The van der Waals surface area contributed by atoms with Crippen molar-refractivity contribution in [3.63, 3.8) is 0 Å². The van der Waals surface area contributed by atoms with Gasteiger partial charge in [-0.15, -0.1) is 0 Å². The van der Waals surface area contributed by atoms with Crippen molar-refractivity contribution in [3.8, 4) is 5.75 Å². The molecular weight excluding hydrogens is 356 g/mol. The topological polar surface area (TPSA) is 50.3 Å². The number of methoxy groups -OCH3 is 1. The minimum atomic E-state index is 0.401. The number of aryl methyl sites for hydroxylation is 1. The fourth-order valence-corrected chi connectivity index (χ4v) is 3.45. The second kappa shape index (κ2) is 7.27. The molecule has 1 aliphatic heterocycles. The van der Waals surface area contributed by atoms with Crippen LogP contribution in [0.1, 0.15) is 17.7 Å². The van der Waals surface area contributed by atoms with Crippen molar-refractivity contribution >= 4 is 21.9 Å². The van der Waals surface area contributed by atoms with Crippen molar-refractivity contribution in [2.24, 2.45) is 0 Å². The number of ether oxygens (including phenoxy) is 1. The Morgan fingerprint density at radius 1 is 1.39 bits per heavy atom. The molecule has 0 amide bonds. The van der Waals surface area contributed by atoms with Gasteiger partial charge >= 0.3 is 0 Å². The first-order valence-corrected chi connectivity index (χ1v) is 8.54. The molecular formula is C17H21BrN4O. The molecule has 3 rings (SSSR count). The Labute approximate surface area is 145 Å². The van der Waals surface area contributed by atoms with Gasteiger partial charge in [0, 0.05) is 37.6 Å². The van der Waals surface area contributed by atoms with Crippen LogP contribution in [-0.2, 0) is 6.54 Å². The van der Waals surface area contributed by atoms with Crippen molar-refractivity contribution < 1.29 is 4.74 Å². The molecule has 0 bridgehead atoms. The van der Waals surface area contributed by atoms with Crippen molar-refractivity contribution in [1.82, 2.24) is 14.9 Å². The van der Waals surface area contributed by atoms with Crippen LogP contribution in [0, 0.1) is 6.92 Å². The van der Waals surface area contributed by atoms with Crippen LogP contribution in [-0.4, -0.2) is 41.1 Å². The molecule has 6 heteroatoms. The molecule has 1 aliphatic rings. The van der Waals surface area contributed by atoms with E-state index in [0.717, 1.165) is 47.9 Å². The number of rotatable bonds is 5. The maximum atomic E-state index is 5.28. The van der Waals surface area contributed by atoms with Crippen LogP contribution >= 0.6 is 15.9 Å².